The molecule has 2 fully saturated rings. The summed E-state index contributed by atoms with van der Waals surface area (Å²) >= 11 is 6.01. The number of halogens is 2. The molecule has 3 rings (SSSR count). The number of rotatable bonds is 4. The van der Waals surface area contributed by atoms with Crippen LogP contribution in [0, 0.1) is 5.92 Å². The molecule has 4 nitrogen and oxygen atoms in total. The van der Waals surface area contributed by atoms with Crippen LogP contribution in [0.3, 0.4) is 0 Å². The predicted octanol–water partition coefficient (Wildman–Crippen LogP) is 1.49. The summed E-state index contributed by atoms with van der Waals surface area (Å²) in [5.74, 6) is 0.160. The number of hydrogen-bond acceptors (Lipinski definition) is 3. The third-order valence-electron chi connectivity index (χ3n) is 4.39. The van der Waals surface area contributed by atoms with E-state index in [2.05, 4.69) is 10.6 Å². The molecular weight excluding hydrogens is 311 g/mol. The Bertz CT molecular complexity index is 520. The molecule has 1 saturated heterocycles. The zero-order chi connectivity index (χ0) is 14.2. The zero-order valence-corrected chi connectivity index (χ0v) is 13.2. The van der Waals surface area contributed by atoms with Crippen molar-refractivity contribution in [2.45, 2.75) is 24.4 Å². The summed E-state index contributed by atoms with van der Waals surface area (Å²) in [6.45, 7) is 1.89. The number of aliphatic hydroxyl groups is 1. The lowest BCUT2D eigenvalue weighted by molar-refractivity contribution is -0.123. The monoisotopic (exact) mass is 330 g/mol. The van der Waals surface area contributed by atoms with E-state index in [4.69, 9.17) is 11.6 Å². The normalized spacial score (nSPS) is 26.0. The van der Waals surface area contributed by atoms with E-state index in [1.54, 1.807) is 0 Å². The van der Waals surface area contributed by atoms with Crippen LogP contribution in [-0.4, -0.2) is 36.8 Å². The second kappa shape index (κ2) is 6.53. The summed E-state index contributed by atoms with van der Waals surface area (Å²) < 4.78 is 0. The zero-order valence-electron chi connectivity index (χ0n) is 11.6. The molecule has 21 heavy (non-hydrogen) atoms. The first-order valence-corrected chi connectivity index (χ1v) is 7.43. The third kappa shape index (κ3) is 3.34. The average Bonchev–Trinajstić information content (AvgIpc) is 3.15. The van der Waals surface area contributed by atoms with Crippen molar-refractivity contribution in [2.24, 2.45) is 5.92 Å². The van der Waals surface area contributed by atoms with E-state index in [1.807, 2.05) is 24.3 Å². The molecule has 6 heteroatoms. The number of nitrogens with one attached hydrogen (secondary N) is 2. The Morgan fingerprint density at radius 2 is 2.19 bits per heavy atom. The van der Waals surface area contributed by atoms with E-state index < -0.39 is 5.41 Å². The first-order valence-electron chi connectivity index (χ1n) is 7.05. The first kappa shape index (κ1) is 16.6. The molecule has 1 heterocycles. The molecule has 3 N–H and O–H groups in total. The van der Waals surface area contributed by atoms with E-state index in [-0.39, 0.29) is 30.3 Å². The maximum absolute atomic E-state index is 12.4. The number of carbonyl (C=O) groups is 1. The lowest BCUT2D eigenvalue weighted by Crippen LogP contribution is -2.40. The number of hydrogen-bond donors (Lipinski definition) is 3. The van der Waals surface area contributed by atoms with Gasteiger partial charge in [0, 0.05) is 30.6 Å². The van der Waals surface area contributed by atoms with Crippen LogP contribution >= 0.6 is 24.0 Å². The van der Waals surface area contributed by atoms with Crippen LogP contribution in [0.25, 0.3) is 0 Å². The smallest absolute Gasteiger partial charge is 0.230 e. The second-order valence-electron chi connectivity index (χ2n) is 5.79. The number of amides is 1. The van der Waals surface area contributed by atoms with E-state index in [9.17, 15) is 9.90 Å². The van der Waals surface area contributed by atoms with Gasteiger partial charge in [0.2, 0.25) is 5.91 Å². The van der Waals surface area contributed by atoms with E-state index in [0.717, 1.165) is 24.9 Å². The number of aliphatic hydroxyl groups excluding tert-OH is 1. The molecule has 0 radical (unpaired) electrons. The van der Waals surface area contributed by atoms with Gasteiger partial charge in [-0.25, -0.2) is 0 Å². The molecule has 1 amide bonds. The number of carbonyl (C=O) groups excluding carboxylic acids is 1. The molecule has 0 spiro atoms. The van der Waals surface area contributed by atoms with Crippen molar-refractivity contribution in [1.82, 2.24) is 10.6 Å². The average molecular weight is 331 g/mol. The Labute approximate surface area is 135 Å². The summed E-state index contributed by atoms with van der Waals surface area (Å²) in [6.07, 6.45) is 1.37. The van der Waals surface area contributed by atoms with Gasteiger partial charge in [-0.3, -0.25) is 4.79 Å². The highest BCUT2D eigenvalue weighted by atomic mass is 35.5. The summed E-state index contributed by atoms with van der Waals surface area (Å²) in [5, 5.41) is 16.5. The lowest BCUT2D eigenvalue weighted by atomic mass is 9.94. The largest absolute Gasteiger partial charge is 0.391 e. The van der Waals surface area contributed by atoms with Crippen LogP contribution < -0.4 is 10.6 Å². The fourth-order valence-electron chi connectivity index (χ4n) is 2.88. The van der Waals surface area contributed by atoms with Crippen molar-refractivity contribution in [2.75, 3.05) is 19.6 Å². The molecule has 2 unspecified atom stereocenters. The molecule has 1 aromatic carbocycles. The molecule has 1 saturated carbocycles. The van der Waals surface area contributed by atoms with Crippen LogP contribution in [0.1, 0.15) is 18.4 Å². The Hall–Kier alpha value is -0.810. The van der Waals surface area contributed by atoms with E-state index >= 15 is 0 Å². The van der Waals surface area contributed by atoms with Crippen molar-refractivity contribution in [3.05, 3.63) is 34.9 Å². The lowest BCUT2D eigenvalue weighted by Gasteiger charge is -2.19. The highest BCUT2D eigenvalue weighted by Gasteiger charge is 2.51. The Morgan fingerprint density at radius 3 is 2.76 bits per heavy atom. The van der Waals surface area contributed by atoms with Gasteiger partial charge in [0.05, 0.1) is 11.5 Å². The maximum Gasteiger partial charge on any atom is 0.230 e. The fourth-order valence-corrected chi connectivity index (χ4v) is 3.07. The van der Waals surface area contributed by atoms with Gasteiger partial charge < -0.3 is 15.7 Å². The molecule has 2 atom stereocenters. The molecule has 1 aromatic rings. The molecule has 1 aliphatic carbocycles. The van der Waals surface area contributed by atoms with Gasteiger partial charge in [0.1, 0.15) is 0 Å². The summed E-state index contributed by atoms with van der Waals surface area (Å²) in [7, 11) is 0. The van der Waals surface area contributed by atoms with Gasteiger partial charge in [-0.15, -0.1) is 12.4 Å². The van der Waals surface area contributed by atoms with E-state index in [0.29, 0.717) is 18.1 Å². The molecular formula is C15H20Cl2N2O2. The minimum Gasteiger partial charge on any atom is -0.391 e. The van der Waals surface area contributed by atoms with Crippen LogP contribution in [-0.2, 0) is 10.2 Å². The fraction of sp³-hybridized carbons (Fsp3) is 0.533. The molecule has 2 aliphatic rings. The second-order valence-corrected chi connectivity index (χ2v) is 6.22. The van der Waals surface area contributed by atoms with Gasteiger partial charge in [-0.05, 0) is 30.5 Å². The van der Waals surface area contributed by atoms with Gasteiger partial charge >= 0.3 is 0 Å². The quantitative estimate of drug-likeness (QED) is 0.783. The van der Waals surface area contributed by atoms with Crippen molar-refractivity contribution in [1.29, 1.82) is 0 Å². The van der Waals surface area contributed by atoms with Crippen molar-refractivity contribution >= 4 is 29.9 Å². The highest BCUT2D eigenvalue weighted by molar-refractivity contribution is 6.30. The SMILES string of the molecule is Cl.O=C(NCC1CNCC1O)C1(c2cccc(Cl)c2)CC1. The topological polar surface area (TPSA) is 61.4 Å². The van der Waals surface area contributed by atoms with E-state index in [1.165, 1.54) is 0 Å². The van der Waals surface area contributed by atoms with Gasteiger partial charge in [0.25, 0.3) is 0 Å². The maximum atomic E-state index is 12.4. The molecule has 0 bridgehead atoms. The third-order valence-corrected chi connectivity index (χ3v) is 4.63. The van der Waals surface area contributed by atoms with Crippen LogP contribution in [0.2, 0.25) is 5.02 Å². The minimum atomic E-state index is -0.401. The van der Waals surface area contributed by atoms with Gasteiger partial charge in [-0.2, -0.15) is 0 Å². The Kier molecular flexibility index (Phi) is 5.15. The number of β-amino-alcohol motifs (C(OH)–C–C–N with tert-alkyl or cyclic N) is 1. The standard InChI is InChI=1S/C15H19ClN2O2.ClH/c16-12-3-1-2-11(6-12)15(4-5-15)14(20)18-8-10-7-17-9-13(10)19;/h1-3,6,10,13,17,19H,4-5,7-9H2,(H,18,20);1H. The van der Waals surface area contributed by atoms with Crippen LogP contribution in [0.4, 0.5) is 0 Å². The molecule has 1 aliphatic heterocycles. The van der Waals surface area contributed by atoms with Crippen LogP contribution in [0.15, 0.2) is 24.3 Å². The first-order chi connectivity index (χ1) is 9.62. The Balaban J connectivity index is 0.00000161. The van der Waals surface area contributed by atoms with Crippen molar-refractivity contribution in [3.8, 4) is 0 Å². The van der Waals surface area contributed by atoms with Crippen molar-refractivity contribution in [3.63, 3.8) is 0 Å². The summed E-state index contributed by atoms with van der Waals surface area (Å²) in [6, 6.07) is 7.54. The molecule has 0 aromatic heterocycles. The van der Waals surface area contributed by atoms with Gasteiger partial charge in [-0.1, -0.05) is 23.7 Å². The van der Waals surface area contributed by atoms with Gasteiger partial charge in [0.15, 0.2) is 0 Å². The molecule has 116 valence electrons. The van der Waals surface area contributed by atoms with Crippen molar-refractivity contribution < 1.29 is 9.90 Å². The predicted molar refractivity (Wildman–Crippen MR) is 85.0 cm³/mol. The van der Waals surface area contributed by atoms with Crippen LogP contribution in [0.5, 0.6) is 0 Å². The summed E-state index contributed by atoms with van der Waals surface area (Å²) in [4.78, 5) is 12.4. The number of benzene rings is 1. The summed E-state index contributed by atoms with van der Waals surface area (Å²) in [5.41, 5.74) is 0.592. The highest BCUT2D eigenvalue weighted by Crippen LogP contribution is 2.48. The Morgan fingerprint density at radius 1 is 1.43 bits per heavy atom. The minimum absolute atomic E-state index is 0.